The van der Waals surface area contributed by atoms with Gasteiger partial charge in [0.05, 0.1) is 28.2 Å². The fourth-order valence-electron chi connectivity index (χ4n) is 7.22. The number of rotatable bonds is 3. The Bertz CT molecular complexity index is 2320. The molecule has 0 saturated heterocycles. The van der Waals surface area contributed by atoms with Crippen LogP contribution in [0.25, 0.3) is 55.4 Å². The van der Waals surface area contributed by atoms with Crippen molar-refractivity contribution < 1.29 is 13.9 Å². The van der Waals surface area contributed by atoms with E-state index in [2.05, 4.69) is 139 Å². The lowest BCUT2D eigenvalue weighted by Gasteiger charge is -2.19. The first kappa shape index (κ1) is 23.4. The molecule has 7 aromatic rings. The number of fused-ring (bicyclic) bond motifs is 12. The number of pyridine rings is 2. The highest BCUT2D eigenvalue weighted by atomic mass is 16.5. The van der Waals surface area contributed by atoms with E-state index in [1.54, 1.807) is 0 Å². The van der Waals surface area contributed by atoms with Crippen molar-refractivity contribution in [3.05, 3.63) is 121 Å². The second-order valence-corrected chi connectivity index (χ2v) is 11.0. The normalized spacial score (nSPS) is 15.8. The summed E-state index contributed by atoms with van der Waals surface area (Å²) in [7, 11) is 1.99. The summed E-state index contributed by atoms with van der Waals surface area (Å²) < 4.78 is 16.5. The van der Waals surface area contributed by atoms with Crippen molar-refractivity contribution in [2.24, 2.45) is 0 Å². The van der Waals surface area contributed by atoms with Crippen LogP contribution in [-0.2, 0) is 6.54 Å². The van der Waals surface area contributed by atoms with Crippen LogP contribution in [0, 0.1) is 0 Å². The molecular weight excluding hydrogens is 518 g/mol. The summed E-state index contributed by atoms with van der Waals surface area (Å²) in [5.41, 5.74) is 5.88. The average Bonchev–Trinajstić information content (AvgIpc) is 3.41. The summed E-state index contributed by atoms with van der Waals surface area (Å²) in [6, 6.07) is 32.6. The van der Waals surface area contributed by atoms with Crippen molar-refractivity contribution in [3.63, 3.8) is 0 Å². The fraction of sp³-hybridized carbons (Fsp3) is 0.111. The minimum Gasteiger partial charge on any atom is -0.422 e. The zero-order valence-electron chi connectivity index (χ0n) is 23.5. The molecule has 1 N–H and O–H groups in total. The third-order valence-corrected chi connectivity index (χ3v) is 8.92. The Morgan fingerprint density at radius 2 is 1.64 bits per heavy atom. The Morgan fingerprint density at radius 1 is 0.857 bits per heavy atom. The Labute approximate surface area is 242 Å². The van der Waals surface area contributed by atoms with Crippen LogP contribution in [0.2, 0.25) is 0 Å². The van der Waals surface area contributed by atoms with Crippen LogP contribution in [0.1, 0.15) is 18.5 Å². The molecule has 0 fully saturated rings. The Kier molecular flexibility index (Phi) is 4.77. The van der Waals surface area contributed by atoms with Gasteiger partial charge in [-0.05, 0) is 61.5 Å². The maximum absolute atomic E-state index is 6.87. The number of nitrogens with one attached hydrogen (secondary N) is 1. The van der Waals surface area contributed by atoms with Crippen molar-refractivity contribution in [2.45, 2.75) is 19.5 Å². The minimum atomic E-state index is -0.0201. The summed E-state index contributed by atoms with van der Waals surface area (Å²) >= 11 is 0. The summed E-state index contributed by atoms with van der Waals surface area (Å²) in [6.07, 6.45) is 8.53. The molecule has 6 nitrogen and oxygen atoms in total. The van der Waals surface area contributed by atoms with Crippen molar-refractivity contribution in [1.29, 1.82) is 0 Å². The van der Waals surface area contributed by atoms with E-state index in [0.717, 1.165) is 40.8 Å². The number of hydrogen-bond donors (Lipinski definition) is 1. The van der Waals surface area contributed by atoms with E-state index < -0.39 is 0 Å². The van der Waals surface area contributed by atoms with Crippen LogP contribution in [-0.4, -0.2) is 16.2 Å². The number of ether oxygens (including phenoxy) is 1. The van der Waals surface area contributed by atoms with E-state index in [4.69, 9.17) is 4.74 Å². The average molecular weight is 548 g/mol. The lowest BCUT2D eigenvalue weighted by Crippen LogP contribution is -2.47. The number of hydrogen-bond acceptors (Lipinski definition) is 2. The van der Waals surface area contributed by atoms with Crippen molar-refractivity contribution in [3.8, 4) is 17.4 Å². The van der Waals surface area contributed by atoms with Gasteiger partial charge >= 0.3 is 0 Å². The van der Waals surface area contributed by atoms with E-state index in [1.807, 2.05) is 14.0 Å². The quantitative estimate of drug-likeness (QED) is 0.196. The molecule has 6 heterocycles. The number of allylic oxidation sites excluding steroid dienone is 3. The highest BCUT2D eigenvalue weighted by Crippen LogP contribution is 2.44. The van der Waals surface area contributed by atoms with Gasteiger partial charge in [0.25, 0.3) is 17.3 Å². The van der Waals surface area contributed by atoms with E-state index in [9.17, 15) is 0 Å². The molecule has 0 saturated carbocycles. The molecule has 2 aliphatic heterocycles. The molecule has 0 spiro atoms. The maximum atomic E-state index is 6.87. The molecule has 42 heavy (non-hydrogen) atoms. The molecule has 0 amide bonds. The molecule has 9 rings (SSSR count). The molecular formula is C36H29N5O+2. The molecule has 202 valence electrons. The first-order valence-electron chi connectivity index (χ1n) is 14.5. The molecule has 2 bridgehead atoms. The van der Waals surface area contributed by atoms with E-state index in [0.29, 0.717) is 0 Å². The van der Waals surface area contributed by atoms with Gasteiger partial charge in [-0.25, -0.2) is 4.57 Å². The molecule has 2 aliphatic rings. The molecule has 1 unspecified atom stereocenters. The first-order valence-corrected chi connectivity index (χ1v) is 14.5. The smallest absolute Gasteiger partial charge is 0.298 e. The van der Waals surface area contributed by atoms with Crippen LogP contribution in [0.4, 0.5) is 0 Å². The van der Waals surface area contributed by atoms with Gasteiger partial charge in [0.2, 0.25) is 0 Å². The second-order valence-electron chi connectivity index (χ2n) is 11.0. The third-order valence-electron chi connectivity index (χ3n) is 8.92. The highest BCUT2D eigenvalue weighted by Gasteiger charge is 2.41. The van der Waals surface area contributed by atoms with Gasteiger partial charge in [-0.3, -0.25) is 4.57 Å². The van der Waals surface area contributed by atoms with Crippen LogP contribution < -0.4 is 19.2 Å². The van der Waals surface area contributed by atoms with Gasteiger partial charge in [-0.1, -0.05) is 42.5 Å². The SMILES string of the molecule is CC=CC=C(NC)n1c2ccccc2c2ccc3c(c21)C1C[n+]2c(cccc2-n2c4ccccc4c4ccc[n+]1c42)O3. The van der Waals surface area contributed by atoms with Gasteiger partial charge < -0.3 is 10.1 Å². The predicted octanol–water partition coefficient (Wildman–Crippen LogP) is 6.77. The fourth-order valence-corrected chi connectivity index (χ4v) is 7.22. The topological polar surface area (TPSA) is 38.9 Å². The van der Waals surface area contributed by atoms with E-state index in [-0.39, 0.29) is 6.04 Å². The zero-order chi connectivity index (χ0) is 27.9. The lowest BCUT2D eigenvalue weighted by atomic mass is 10.0. The van der Waals surface area contributed by atoms with Crippen molar-refractivity contribution in [2.75, 3.05) is 7.05 Å². The number of benzene rings is 3. The monoisotopic (exact) mass is 547 g/mol. The van der Waals surface area contributed by atoms with Crippen molar-refractivity contribution >= 4 is 49.6 Å². The summed E-state index contributed by atoms with van der Waals surface area (Å²) in [5, 5.41) is 8.42. The Balaban J connectivity index is 1.49. The number of para-hydroxylation sites is 2. The van der Waals surface area contributed by atoms with Gasteiger partial charge in [-0.15, -0.1) is 0 Å². The zero-order valence-corrected chi connectivity index (χ0v) is 23.5. The van der Waals surface area contributed by atoms with Crippen LogP contribution in [0.15, 0.2) is 115 Å². The van der Waals surface area contributed by atoms with Crippen LogP contribution in [0.3, 0.4) is 0 Å². The molecule has 4 aromatic heterocycles. The molecule has 6 heteroatoms. The first-order chi connectivity index (χ1) is 20.8. The largest absolute Gasteiger partial charge is 0.422 e. The standard InChI is InChI=1S/C36H29N5O/c1-3-4-16-31(37-2)40-27-14-7-5-11-23(27)25-19-20-30-34(35(25)40)29-22-39-32(17-9-18-33(39)42-30)41-28-15-8-6-12-24(28)26-13-10-21-38(29)36(26)41/h3-21,29,37H,22H2,1-2H3/q+2. The predicted molar refractivity (Wildman–Crippen MR) is 167 cm³/mol. The maximum Gasteiger partial charge on any atom is 0.298 e. The van der Waals surface area contributed by atoms with Gasteiger partial charge in [0.1, 0.15) is 23.6 Å². The summed E-state index contributed by atoms with van der Waals surface area (Å²) in [4.78, 5) is 0. The Hall–Kier alpha value is -5.36. The molecule has 1 atom stereocenters. The molecule has 0 aliphatic carbocycles. The van der Waals surface area contributed by atoms with Gasteiger partial charge in [-0.2, -0.15) is 9.13 Å². The van der Waals surface area contributed by atoms with Crippen molar-refractivity contribution in [1.82, 2.24) is 14.5 Å². The van der Waals surface area contributed by atoms with Crippen LogP contribution >= 0.6 is 0 Å². The second kappa shape index (κ2) is 8.57. The van der Waals surface area contributed by atoms with E-state index >= 15 is 0 Å². The van der Waals surface area contributed by atoms with Gasteiger partial charge in [0.15, 0.2) is 6.04 Å². The molecule has 3 aromatic carbocycles. The van der Waals surface area contributed by atoms with Crippen LogP contribution in [0.5, 0.6) is 11.6 Å². The summed E-state index contributed by atoms with van der Waals surface area (Å²) in [5.74, 6) is 3.84. The van der Waals surface area contributed by atoms with E-state index in [1.165, 1.54) is 38.3 Å². The number of nitrogens with zero attached hydrogens (tertiary/aromatic N) is 4. The number of aromatic nitrogens is 4. The summed E-state index contributed by atoms with van der Waals surface area (Å²) in [6.45, 7) is 2.79. The highest BCUT2D eigenvalue weighted by molar-refractivity contribution is 6.12. The minimum absolute atomic E-state index is 0.0201. The lowest BCUT2D eigenvalue weighted by molar-refractivity contribution is -0.769. The molecule has 0 radical (unpaired) electrons. The Morgan fingerprint density at radius 3 is 2.48 bits per heavy atom. The third kappa shape index (κ3) is 2.93. The van der Waals surface area contributed by atoms with Gasteiger partial charge in [0, 0.05) is 35.3 Å².